The van der Waals surface area contributed by atoms with Crippen molar-refractivity contribution in [3.8, 4) is 0 Å². The molecule has 162 valence electrons. The number of aromatic nitrogens is 2. The maximum absolute atomic E-state index is 12.2. The predicted molar refractivity (Wildman–Crippen MR) is 110 cm³/mol. The summed E-state index contributed by atoms with van der Waals surface area (Å²) in [6.45, 7) is 4.66. The standard InChI is InChI=1S/C21H22N4O6/c1-4-29-21(28)16-12(3)31-20-17(16)18(22)24-14(25-20)10-30-15(26)9-23-19(27)13-8-6-5-7-11(13)2/h5-8H,4,9-10H2,1-3H3,(H,23,27)(H2,22,24,25). The molecule has 0 aliphatic heterocycles. The Balaban J connectivity index is 1.64. The number of nitrogens with one attached hydrogen (secondary N) is 1. The molecule has 0 atom stereocenters. The number of hydrogen-bond acceptors (Lipinski definition) is 9. The van der Waals surface area contributed by atoms with E-state index in [2.05, 4.69) is 15.3 Å². The molecule has 0 saturated heterocycles. The Hall–Kier alpha value is -3.95. The van der Waals surface area contributed by atoms with E-state index in [4.69, 9.17) is 19.6 Å². The number of nitrogens with zero attached hydrogens (tertiary/aromatic N) is 2. The van der Waals surface area contributed by atoms with Gasteiger partial charge in [-0.3, -0.25) is 9.59 Å². The van der Waals surface area contributed by atoms with Gasteiger partial charge in [-0.15, -0.1) is 0 Å². The highest BCUT2D eigenvalue weighted by Gasteiger charge is 2.24. The molecule has 10 heteroatoms. The fraction of sp³-hybridized carbons (Fsp3) is 0.286. The van der Waals surface area contributed by atoms with Gasteiger partial charge in [0.25, 0.3) is 5.91 Å². The Morgan fingerprint density at radius 3 is 2.58 bits per heavy atom. The van der Waals surface area contributed by atoms with Crippen molar-refractivity contribution in [2.45, 2.75) is 27.4 Å². The molecule has 0 radical (unpaired) electrons. The summed E-state index contributed by atoms with van der Waals surface area (Å²) >= 11 is 0. The largest absolute Gasteiger partial charge is 0.462 e. The third kappa shape index (κ3) is 4.80. The first-order valence-corrected chi connectivity index (χ1v) is 9.53. The van der Waals surface area contributed by atoms with E-state index >= 15 is 0 Å². The number of fused-ring (bicyclic) bond motifs is 1. The molecule has 2 heterocycles. The van der Waals surface area contributed by atoms with Crippen LogP contribution in [0.1, 0.15) is 44.8 Å². The molecular weight excluding hydrogens is 404 g/mol. The summed E-state index contributed by atoms with van der Waals surface area (Å²) in [6.07, 6.45) is 0. The van der Waals surface area contributed by atoms with Crippen LogP contribution in [0.4, 0.5) is 5.82 Å². The lowest BCUT2D eigenvalue weighted by molar-refractivity contribution is -0.143. The van der Waals surface area contributed by atoms with Gasteiger partial charge in [-0.2, -0.15) is 4.98 Å². The van der Waals surface area contributed by atoms with Gasteiger partial charge in [0, 0.05) is 5.56 Å². The summed E-state index contributed by atoms with van der Waals surface area (Å²) in [5, 5.41) is 2.75. The number of esters is 2. The van der Waals surface area contributed by atoms with Crippen LogP contribution in [0.2, 0.25) is 0 Å². The molecule has 0 unspecified atom stereocenters. The average molecular weight is 426 g/mol. The molecule has 0 spiro atoms. The lowest BCUT2D eigenvalue weighted by atomic mass is 10.1. The van der Waals surface area contributed by atoms with Gasteiger partial charge in [0.2, 0.25) is 5.71 Å². The number of amides is 1. The molecule has 3 aromatic rings. The van der Waals surface area contributed by atoms with Gasteiger partial charge in [-0.05, 0) is 32.4 Å². The number of anilines is 1. The van der Waals surface area contributed by atoms with Crippen LogP contribution in [0, 0.1) is 13.8 Å². The first-order valence-electron chi connectivity index (χ1n) is 9.53. The van der Waals surface area contributed by atoms with Crippen LogP contribution in [-0.2, 0) is 20.9 Å². The Morgan fingerprint density at radius 1 is 1.13 bits per heavy atom. The van der Waals surface area contributed by atoms with E-state index in [1.807, 2.05) is 6.07 Å². The van der Waals surface area contributed by atoms with Crippen molar-refractivity contribution >= 4 is 34.8 Å². The normalized spacial score (nSPS) is 10.7. The summed E-state index contributed by atoms with van der Waals surface area (Å²) in [5.41, 5.74) is 7.49. The third-order valence-electron chi connectivity index (χ3n) is 4.43. The van der Waals surface area contributed by atoms with Gasteiger partial charge in [-0.25, -0.2) is 9.78 Å². The van der Waals surface area contributed by atoms with E-state index < -0.39 is 11.9 Å². The molecule has 3 N–H and O–H groups in total. The van der Waals surface area contributed by atoms with Crippen molar-refractivity contribution in [2.75, 3.05) is 18.9 Å². The summed E-state index contributed by atoms with van der Waals surface area (Å²) in [5.74, 6) is -1.25. The van der Waals surface area contributed by atoms with E-state index in [-0.39, 0.29) is 54.0 Å². The third-order valence-corrected chi connectivity index (χ3v) is 4.43. The number of nitrogen functional groups attached to an aromatic ring is 1. The monoisotopic (exact) mass is 426 g/mol. The molecule has 31 heavy (non-hydrogen) atoms. The molecule has 0 saturated carbocycles. The fourth-order valence-corrected chi connectivity index (χ4v) is 2.97. The number of rotatable bonds is 7. The second-order valence-corrected chi connectivity index (χ2v) is 6.62. The Bertz CT molecular complexity index is 1150. The van der Waals surface area contributed by atoms with Gasteiger partial charge in [0.05, 0.1) is 12.0 Å². The first kappa shape index (κ1) is 21.8. The Morgan fingerprint density at radius 2 is 1.87 bits per heavy atom. The maximum atomic E-state index is 12.2. The number of benzene rings is 1. The number of ether oxygens (including phenoxy) is 2. The molecule has 0 aliphatic carbocycles. The predicted octanol–water partition coefficient (Wildman–Crippen LogP) is 2.07. The minimum absolute atomic E-state index is 0.00353. The molecule has 3 rings (SSSR count). The van der Waals surface area contributed by atoms with Gasteiger partial charge in [0.15, 0.2) is 12.4 Å². The van der Waals surface area contributed by atoms with Crippen LogP contribution in [-0.4, -0.2) is 41.0 Å². The number of nitrogens with two attached hydrogens (primary N) is 1. The molecule has 10 nitrogen and oxygen atoms in total. The zero-order valence-electron chi connectivity index (χ0n) is 17.4. The summed E-state index contributed by atoms with van der Waals surface area (Å²) < 4.78 is 15.6. The van der Waals surface area contributed by atoms with Crippen molar-refractivity contribution < 1.29 is 28.3 Å². The van der Waals surface area contributed by atoms with E-state index in [1.54, 1.807) is 39.0 Å². The molecular formula is C21H22N4O6. The molecule has 0 fully saturated rings. The van der Waals surface area contributed by atoms with Crippen LogP contribution < -0.4 is 11.1 Å². The number of carbonyl (C=O) groups is 3. The fourth-order valence-electron chi connectivity index (χ4n) is 2.97. The van der Waals surface area contributed by atoms with Gasteiger partial charge < -0.3 is 24.9 Å². The highest BCUT2D eigenvalue weighted by molar-refractivity contribution is 6.07. The minimum Gasteiger partial charge on any atom is -0.462 e. The molecule has 2 aromatic heterocycles. The Kier molecular flexibility index (Phi) is 6.49. The number of aryl methyl sites for hydroxylation is 2. The van der Waals surface area contributed by atoms with E-state index in [0.29, 0.717) is 11.3 Å². The van der Waals surface area contributed by atoms with E-state index in [1.165, 1.54) is 0 Å². The molecule has 0 aliphatic rings. The summed E-state index contributed by atoms with van der Waals surface area (Å²) in [6, 6.07) is 7.02. The smallest absolute Gasteiger partial charge is 0.342 e. The molecule has 1 aromatic carbocycles. The Labute approximate surface area is 177 Å². The van der Waals surface area contributed by atoms with Crippen molar-refractivity contribution in [3.63, 3.8) is 0 Å². The highest BCUT2D eigenvalue weighted by Crippen LogP contribution is 2.29. The van der Waals surface area contributed by atoms with Gasteiger partial charge in [-0.1, -0.05) is 18.2 Å². The van der Waals surface area contributed by atoms with Crippen LogP contribution in [0.3, 0.4) is 0 Å². The molecule has 1 amide bonds. The van der Waals surface area contributed by atoms with Crippen LogP contribution in [0.15, 0.2) is 28.7 Å². The molecule has 0 bridgehead atoms. The highest BCUT2D eigenvalue weighted by atomic mass is 16.5. The summed E-state index contributed by atoms with van der Waals surface area (Å²) in [7, 11) is 0. The van der Waals surface area contributed by atoms with Gasteiger partial charge >= 0.3 is 11.9 Å². The van der Waals surface area contributed by atoms with Crippen LogP contribution in [0.25, 0.3) is 11.1 Å². The lowest BCUT2D eigenvalue weighted by Gasteiger charge is -2.08. The maximum Gasteiger partial charge on any atom is 0.342 e. The van der Waals surface area contributed by atoms with Crippen molar-refractivity contribution in [1.29, 1.82) is 0 Å². The zero-order valence-corrected chi connectivity index (χ0v) is 17.4. The average Bonchev–Trinajstić information content (AvgIpc) is 3.07. The van der Waals surface area contributed by atoms with Crippen molar-refractivity contribution in [2.24, 2.45) is 0 Å². The van der Waals surface area contributed by atoms with E-state index in [9.17, 15) is 14.4 Å². The quantitative estimate of drug-likeness (QED) is 0.542. The SMILES string of the molecule is CCOC(=O)c1c(C)oc2nc(COC(=O)CNC(=O)c3ccccc3C)nc(N)c12. The number of furan rings is 1. The second-order valence-electron chi connectivity index (χ2n) is 6.62. The van der Waals surface area contributed by atoms with E-state index in [0.717, 1.165) is 5.56 Å². The lowest BCUT2D eigenvalue weighted by Crippen LogP contribution is -2.31. The first-order chi connectivity index (χ1) is 14.8. The van der Waals surface area contributed by atoms with Crippen LogP contribution >= 0.6 is 0 Å². The van der Waals surface area contributed by atoms with Crippen molar-refractivity contribution in [1.82, 2.24) is 15.3 Å². The van der Waals surface area contributed by atoms with Crippen LogP contribution in [0.5, 0.6) is 0 Å². The van der Waals surface area contributed by atoms with Gasteiger partial charge in [0.1, 0.15) is 23.7 Å². The zero-order chi connectivity index (χ0) is 22.5. The van der Waals surface area contributed by atoms with Crippen molar-refractivity contribution in [3.05, 3.63) is 52.5 Å². The number of carbonyl (C=O) groups excluding carboxylic acids is 3. The minimum atomic E-state index is -0.674. The topological polar surface area (TPSA) is 147 Å². The summed E-state index contributed by atoms with van der Waals surface area (Å²) in [4.78, 5) is 44.5. The number of hydrogen-bond donors (Lipinski definition) is 2. The second kappa shape index (κ2) is 9.24.